The number of carbonyl (C=O) groups is 1. The molecule has 20 heavy (non-hydrogen) atoms. The third-order valence-corrected chi connectivity index (χ3v) is 4.79. The minimum atomic E-state index is -0.168. The first kappa shape index (κ1) is 15.9. The van der Waals surface area contributed by atoms with E-state index in [-0.39, 0.29) is 12.0 Å². The molecule has 1 N–H and O–H groups in total. The summed E-state index contributed by atoms with van der Waals surface area (Å²) in [6.45, 7) is 1.43. The van der Waals surface area contributed by atoms with Gasteiger partial charge in [0.2, 0.25) is 0 Å². The van der Waals surface area contributed by atoms with Gasteiger partial charge in [0.15, 0.2) is 0 Å². The van der Waals surface area contributed by atoms with E-state index in [0.29, 0.717) is 22.9 Å². The number of methoxy groups -OCH3 is 1. The molecule has 1 saturated heterocycles. The van der Waals surface area contributed by atoms with E-state index in [1.807, 2.05) is 0 Å². The fourth-order valence-corrected chi connectivity index (χ4v) is 2.79. The maximum Gasteiger partial charge on any atom is 0.255 e. The SMILES string of the molecule is COc1cc(I)c(Cl)cc1C(=O)NCC[C@@H]1CCCO1. The molecule has 2 rings (SSSR count). The zero-order chi connectivity index (χ0) is 14.5. The molecule has 6 heteroatoms. The minimum absolute atomic E-state index is 0.168. The molecule has 4 nitrogen and oxygen atoms in total. The molecule has 0 aliphatic carbocycles. The minimum Gasteiger partial charge on any atom is -0.496 e. The van der Waals surface area contributed by atoms with Crippen molar-refractivity contribution in [2.75, 3.05) is 20.3 Å². The van der Waals surface area contributed by atoms with Crippen LogP contribution in [0.25, 0.3) is 0 Å². The Balaban J connectivity index is 1.95. The fourth-order valence-electron chi connectivity index (χ4n) is 2.19. The number of hydrogen-bond donors (Lipinski definition) is 1. The van der Waals surface area contributed by atoms with Gasteiger partial charge in [-0.3, -0.25) is 4.79 Å². The normalized spacial score (nSPS) is 18.1. The first-order valence-corrected chi connectivity index (χ1v) is 8.00. The van der Waals surface area contributed by atoms with E-state index in [1.54, 1.807) is 19.2 Å². The second kappa shape index (κ2) is 7.47. The molecule has 0 bridgehead atoms. The highest BCUT2D eigenvalue weighted by atomic mass is 127. The molecule has 1 aromatic rings. The summed E-state index contributed by atoms with van der Waals surface area (Å²) in [5, 5.41) is 3.44. The van der Waals surface area contributed by atoms with Crippen LogP contribution in [0.2, 0.25) is 5.02 Å². The van der Waals surface area contributed by atoms with E-state index in [1.165, 1.54) is 0 Å². The Morgan fingerprint density at radius 1 is 1.60 bits per heavy atom. The van der Waals surface area contributed by atoms with E-state index in [9.17, 15) is 4.79 Å². The Morgan fingerprint density at radius 2 is 2.40 bits per heavy atom. The predicted octanol–water partition coefficient (Wildman–Crippen LogP) is 3.25. The van der Waals surface area contributed by atoms with E-state index in [0.717, 1.165) is 29.4 Å². The Bertz CT molecular complexity index is 490. The standard InChI is InChI=1S/C14H17ClINO3/c1-19-13-8-12(16)11(15)7-10(13)14(18)17-5-4-9-3-2-6-20-9/h7-9H,2-6H2,1H3,(H,17,18)/t9-/m0/s1. The molecule has 1 atom stereocenters. The van der Waals surface area contributed by atoms with Crippen LogP contribution in [-0.4, -0.2) is 32.3 Å². The molecular formula is C14H17ClINO3. The summed E-state index contributed by atoms with van der Waals surface area (Å²) in [6, 6.07) is 3.40. The molecule has 0 aromatic heterocycles. The Kier molecular flexibility index (Phi) is 5.92. The maximum atomic E-state index is 12.2. The summed E-state index contributed by atoms with van der Waals surface area (Å²) in [6.07, 6.45) is 3.30. The second-order valence-corrected chi connectivity index (χ2v) is 6.22. The van der Waals surface area contributed by atoms with Crippen LogP contribution in [0.3, 0.4) is 0 Å². The molecule has 0 unspecified atom stereocenters. The van der Waals surface area contributed by atoms with Gasteiger partial charge in [-0.15, -0.1) is 0 Å². The quantitative estimate of drug-likeness (QED) is 0.760. The lowest BCUT2D eigenvalue weighted by Crippen LogP contribution is -2.27. The van der Waals surface area contributed by atoms with Crippen LogP contribution in [0, 0.1) is 3.57 Å². The van der Waals surface area contributed by atoms with Gasteiger partial charge in [0.1, 0.15) is 5.75 Å². The van der Waals surface area contributed by atoms with Crippen LogP contribution in [0.4, 0.5) is 0 Å². The highest BCUT2D eigenvalue weighted by molar-refractivity contribution is 14.1. The number of nitrogens with one attached hydrogen (secondary N) is 1. The lowest BCUT2D eigenvalue weighted by Gasteiger charge is -2.12. The van der Waals surface area contributed by atoms with Crippen molar-refractivity contribution in [3.8, 4) is 5.75 Å². The molecule has 0 saturated carbocycles. The summed E-state index contributed by atoms with van der Waals surface area (Å²) in [4.78, 5) is 12.2. The van der Waals surface area contributed by atoms with Gasteiger partial charge in [0.25, 0.3) is 5.91 Å². The van der Waals surface area contributed by atoms with E-state index >= 15 is 0 Å². The zero-order valence-electron chi connectivity index (χ0n) is 11.2. The average molecular weight is 410 g/mol. The first-order chi connectivity index (χ1) is 9.61. The molecular weight excluding hydrogens is 393 g/mol. The lowest BCUT2D eigenvalue weighted by molar-refractivity contribution is 0.0905. The molecule has 1 aliphatic rings. The van der Waals surface area contributed by atoms with Crippen molar-refractivity contribution in [2.45, 2.75) is 25.4 Å². The summed E-state index contributed by atoms with van der Waals surface area (Å²) in [5.74, 6) is 0.367. The number of benzene rings is 1. The molecule has 1 amide bonds. The summed E-state index contributed by atoms with van der Waals surface area (Å²) in [5.41, 5.74) is 0.463. The number of rotatable bonds is 5. The highest BCUT2D eigenvalue weighted by Gasteiger charge is 2.17. The molecule has 1 fully saturated rings. The number of amides is 1. The van der Waals surface area contributed by atoms with Crippen LogP contribution in [0.1, 0.15) is 29.6 Å². The van der Waals surface area contributed by atoms with Gasteiger partial charge in [-0.2, -0.15) is 0 Å². The van der Waals surface area contributed by atoms with Crippen LogP contribution in [-0.2, 0) is 4.74 Å². The number of carbonyl (C=O) groups excluding carboxylic acids is 1. The van der Waals surface area contributed by atoms with Gasteiger partial charge in [-0.1, -0.05) is 11.6 Å². The van der Waals surface area contributed by atoms with Crippen LogP contribution in [0.15, 0.2) is 12.1 Å². The molecule has 1 aromatic carbocycles. The Morgan fingerprint density at radius 3 is 3.05 bits per heavy atom. The zero-order valence-corrected chi connectivity index (χ0v) is 14.2. The largest absolute Gasteiger partial charge is 0.496 e. The Labute approximate surface area is 137 Å². The van der Waals surface area contributed by atoms with E-state index in [2.05, 4.69) is 27.9 Å². The molecule has 1 heterocycles. The topological polar surface area (TPSA) is 47.6 Å². The van der Waals surface area contributed by atoms with Gasteiger partial charge < -0.3 is 14.8 Å². The first-order valence-electron chi connectivity index (χ1n) is 6.54. The third kappa shape index (κ3) is 3.99. The van der Waals surface area contributed by atoms with E-state index < -0.39 is 0 Å². The van der Waals surface area contributed by atoms with Gasteiger partial charge in [0.05, 0.1) is 23.8 Å². The molecule has 110 valence electrons. The lowest BCUT2D eigenvalue weighted by atomic mass is 10.1. The van der Waals surface area contributed by atoms with Crippen molar-refractivity contribution in [2.24, 2.45) is 0 Å². The van der Waals surface area contributed by atoms with Gasteiger partial charge >= 0.3 is 0 Å². The van der Waals surface area contributed by atoms with Gasteiger partial charge in [-0.05, 0) is 54.0 Å². The van der Waals surface area contributed by atoms with Crippen LogP contribution >= 0.6 is 34.2 Å². The maximum absolute atomic E-state index is 12.2. The highest BCUT2D eigenvalue weighted by Crippen LogP contribution is 2.28. The molecule has 1 aliphatic heterocycles. The van der Waals surface area contributed by atoms with E-state index in [4.69, 9.17) is 21.1 Å². The van der Waals surface area contributed by atoms with Crippen molar-refractivity contribution in [3.63, 3.8) is 0 Å². The number of ether oxygens (including phenoxy) is 2. The van der Waals surface area contributed by atoms with Crippen molar-refractivity contribution in [1.29, 1.82) is 0 Å². The summed E-state index contributed by atoms with van der Waals surface area (Å²) < 4.78 is 11.6. The van der Waals surface area contributed by atoms with Crippen molar-refractivity contribution >= 4 is 40.1 Å². The molecule has 0 spiro atoms. The van der Waals surface area contributed by atoms with Crippen LogP contribution in [0.5, 0.6) is 5.75 Å². The molecule has 0 radical (unpaired) electrons. The fraction of sp³-hybridized carbons (Fsp3) is 0.500. The van der Waals surface area contributed by atoms with Gasteiger partial charge in [0, 0.05) is 16.7 Å². The van der Waals surface area contributed by atoms with Crippen molar-refractivity contribution in [3.05, 3.63) is 26.3 Å². The van der Waals surface area contributed by atoms with Crippen molar-refractivity contribution in [1.82, 2.24) is 5.32 Å². The second-order valence-electron chi connectivity index (χ2n) is 4.65. The van der Waals surface area contributed by atoms with Crippen molar-refractivity contribution < 1.29 is 14.3 Å². The monoisotopic (exact) mass is 409 g/mol. The Hall–Kier alpha value is -0.530. The number of hydrogen-bond acceptors (Lipinski definition) is 3. The predicted molar refractivity (Wildman–Crippen MR) is 86.6 cm³/mol. The number of halogens is 2. The van der Waals surface area contributed by atoms with Crippen LogP contribution < -0.4 is 10.1 Å². The summed E-state index contributed by atoms with van der Waals surface area (Å²) >= 11 is 8.17. The third-order valence-electron chi connectivity index (χ3n) is 3.26. The average Bonchev–Trinajstić information content (AvgIpc) is 2.94. The summed E-state index contributed by atoms with van der Waals surface area (Å²) in [7, 11) is 1.54. The van der Waals surface area contributed by atoms with Gasteiger partial charge in [-0.25, -0.2) is 0 Å². The smallest absolute Gasteiger partial charge is 0.255 e.